The smallest absolute Gasteiger partial charge is 0.243 e. The Bertz CT molecular complexity index is 817. The number of sulfone groups is 1. The van der Waals surface area contributed by atoms with Crippen molar-refractivity contribution in [2.75, 3.05) is 25.9 Å². The molecule has 1 atom stereocenters. The van der Waals surface area contributed by atoms with E-state index in [1.807, 2.05) is 6.92 Å². The van der Waals surface area contributed by atoms with Gasteiger partial charge in [0.1, 0.15) is 0 Å². The average Bonchev–Trinajstić information content (AvgIpc) is 2.99. The number of benzene rings is 1. The van der Waals surface area contributed by atoms with Gasteiger partial charge >= 0.3 is 0 Å². The molecule has 2 rings (SSSR count). The highest BCUT2D eigenvalue weighted by molar-refractivity contribution is 7.91. The van der Waals surface area contributed by atoms with E-state index in [0.717, 1.165) is 19.2 Å². The molecule has 1 unspecified atom stereocenters. The molecule has 1 fully saturated rings. The Kier molecular flexibility index (Phi) is 7.47. The minimum absolute atomic E-state index is 0. The third-order valence-corrected chi connectivity index (χ3v) is 7.63. The van der Waals surface area contributed by atoms with E-state index in [4.69, 9.17) is 0 Å². The number of sulfonamides is 1. The number of hydrogen-bond acceptors (Lipinski definition) is 5. The van der Waals surface area contributed by atoms with Crippen molar-refractivity contribution in [2.45, 2.75) is 49.4 Å². The van der Waals surface area contributed by atoms with Gasteiger partial charge in [0, 0.05) is 25.4 Å². The quantitative estimate of drug-likeness (QED) is 0.774. The lowest BCUT2D eigenvalue weighted by molar-refractivity contribution is 0.335. The van der Waals surface area contributed by atoms with Crippen LogP contribution >= 0.6 is 12.4 Å². The zero-order chi connectivity index (χ0) is 18.1. The standard InChI is InChI=1S/C16H26N2O4S2.ClH/c1-5-8-18(14-6-7-17-11-14)24(21,22)16-10-12(2)9-15(13(16)3)23(4,19)20;/h9-10,14,17H,5-8,11H2,1-4H3;1H. The lowest BCUT2D eigenvalue weighted by Gasteiger charge is -2.28. The lowest BCUT2D eigenvalue weighted by Crippen LogP contribution is -2.42. The summed E-state index contributed by atoms with van der Waals surface area (Å²) in [7, 11) is -7.24. The van der Waals surface area contributed by atoms with Gasteiger partial charge in [-0.05, 0) is 56.5 Å². The van der Waals surface area contributed by atoms with Crippen LogP contribution in [-0.4, -0.2) is 53.1 Å². The fourth-order valence-corrected chi connectivity index (χ4v) is 6.39. The van der Waals surface area contributed by atoms with Crippen LogP contribution in [0.15, 0.2) is 21.9 Å². The molecule has 9 heteroatoms. The maximum absolute atomic E-state index is 13.3. The summed E-state index contributed by atoms with van der Waals surface area (Å²) in [6.07, 6.45) is 2.58. The molecule has 1 aromatic carbocycles. The van der Waals surface area contributed by atoms with Crippen molar-refractivity contribution in [1.82, 2.24) is 9.62 Å². The fourth-order valence-electron chi connectivity index (χ4n) is 3.18. The number of rotatable bonds is 6. The first-order chi connectivity index (χ1) is 11.1. The topological polar surface area (TPSA) is 83.6 Å². The van der Waals surface area contributed by atoms with Crippen molar-refractivity contribution >= 4 is 32.3 Å². The number of aryl methyl sites for hydroxylation is 1. The summed E-state index contributed by atoms with van der Waals surface area (Å²) in [5.74, 6) is 0. The van der Waals surface area contributed by atoms with E-state index in [2.05, 4.69) is 5.32 Å². The first-order valence-corrected chi connectivity index (χ1v) is 11.5. The Morgan fingerprint density at radius 1 is 1.16 bits per heavy atom. The van der Waals surface area contributed by atoms with Gasteiger partial charge in [-0.25, -0.2) is 16.8 Å². The monoisotopic (exact) mass is 410 g/mol. The largest absolute Gasteiger partial charge is 0.315 e. The van der Waals surface area contributed by atoms with Crippen LogP contribution in [-0.2, 0) is 19.9 Å². The van der Waals surface area contributed by atoms with Crippen LogP contribution in [0.2, 0.25) is 0 Å². The average molecular weight is 411 g/mol. The molecule has 0 amide bonds. The zero-order valence-corrected chi connectivity index (χ0v) is 17.5. The van der Waals surface area contributed by atoms with E-state index in [1.165, 1.54) is 10.4 Å². The maximum Gasteiger partial charge on any atom is 0.243 e. The summed E-state index contributed by atoms with van der Waals surface area (Å²) < 4.78 is 52.1. The summed E-state index contributed by atoms with van der Waals surface area (Å²) >= 11 is 0. The summed E-state index contributed by atoms with van der Waals surface area (Å²) in [5, 5.41) is 3.19. The normalized spacial score (nSPS) is 18.4. The summed E-state index contributed by atoms with van der Waals surface area (Å²) in [6.45, 7) is 7.07. The molecule has 6 nitrogen and oxygen atoms in total. The number of nitrogens with zero attached hydrogens (tertiary/aromatic N) is 1. The van der Waals surface area contributed by atoms with E-state index in [-0.39, 0.29) is 28.2 Å². The molecule has 1 heterocycles. The van der Waals surface area contributed by atoms with E-state index in [1.54, 1.807) is 19.9 Å². The van der Waals surface area contributed by atoms with Crippen LogP contribution < -0.4 is 5.32 Å². The molecule has 1 aliphatic rings. The lowest BCUT2D eigenvalue weighted by atomic mass is 10.2. The summed E-state index contributed by atoms with van der Waals surface area (Å²) in [5.41, 5.74) is 0.927. The maximum atomic E-state index is 13.3. The summed E-state index contributed by atoms with van der Waals surface area (Å²) in [6, 6.07) is 3.02. The van der Waals surface area contributed by atoms with E-state index in [0.29, 0.717) is 30.6 Å². The second kappa shape index (κ2) is 8.35. The molecule has 0 aliphatic carbocycles. The van der Waals surface area contributed by atoms with Gasteiger partial charge in [0.2, 0.25) is 10.0 Å². The summed E-state index contributed by atoms with van der Waals surface area (Å²) in [4.78, 5) is 0.186. The SMILES string of the molecule is CCCN(C1CCNC1)S(=O)(=O)c1cc(C)cc(S(C)(=O)=O)c1C.Cl. The van der Waals surface area contributed by atoms with Gasteiger partial charge in [-0.1, -0.05) is 6.92 Å². The molecule has 1 aliphatic heterocycles. The Labute approximate surface area is 157 Å². The minimum atomic E-state index is -3.75. The number of hydrogen-bond donors (Lipinski definition) is 1. The highest BCUT2D eigenvalue weighted by Crippen LogP contribution is 2.29. The van der Waals surface area contributed by atoms with E-state index in [9.17, 15) is 16.8 Å². The van der Waals surface area contributed by atoms with Gasteiger partial charge in [-0.15, -0.1) is 12.4 Å². The first kappa shape index (κ1) is 22.4. The van der Waals surface area contributed by atoms with Gasteiger partial charge in [0.05, 0.1) is 9.79 Å². The van der Waals surface area contributed by atoms with Crippen molar-refractivity contribution in [3.05, 3.63) is 23.3 Å². The molecule has 0 aromatic heterocycles. The van der Waals surface area contributed by atoms with Gasteiger partial charge in [-0.2, -0.15) is 4.31 Å². The second-order valence-electron chi connectivity index (χ2n) is 6.42. The Morgan fingerprint density at radius 3 is 2.24 bits per heavy atom. The molecule has 1 aromatic rings. The number of nitrogens with one attached hydrogen (secondary N) is 1. The molecule has 0 saturated carbocycles. The minimum Gasteiger partial charge on any atom is -0.315 e. The molecule has 144 valence electrons. The van der Waals surface area contributed by atoms with Crippen molar-refractivity contribution in [1.29, 1.82) is 0 Å². The zero-order valence-electron chi connectivity index (χ0n) is 15.1. The van der Waals surface area contributed by atoms with Crippen molar-refractivity contribution in [3.8, 4) is 0 Å². The first-order valence-electron chi connectivity index (χ1n) is 8.13. The molecule has 0 radical (unpaired) electrons. The van der Waals surface area contributed by atoms with Crippen molar-refractivity contribution in [3.63, 3.8) is 0 Å². The number of halogens is 1. The van der Waals surface area contributed by atoms with Crippen LogP contribution in [0.5, 0.6) is 0 Å². The van der Waals surface area contributed by atoms with Crippen LogP contribution in [0, 0.1) is 13.8 Å². The Balaban J connectivity index is 0.00000312. The fraction of sp³-hybridized carbons (Fsp3) is 0.625. The molecule has 1 saturated heterocycles. The Morgan fingerprint density at radius 2 is 1.76 bits per heavy atom. The van der Waals surface area contributed by atoms with Crippen molar-refractivity contribution in [2.24, 2.45) is 0 Å². The van der Waals surface area contributed by atoms with Gasteiger partial charge in [0.25, 0.3) is 0 Å². The van der Waals surface area contributed by atoms with Crippen LogP contribution in [0.4, 0.5) is 0 Å². The van der Waals surface area contributed by atoms with E-state index >= 15 is 0 Å². The second-order valence-corrected chi connectivity index (χ2v) is 10.3. The molecule has 25 heavy (non-hydrogen) atoms. The molecule has 0 bridgehead atoms. The van der Waals surface area contributed by atoms with Crippen molar-refractivity contribution < 1.29 is 16.8 Å². The van der Waals surface area contributed by atoms with Gasteiger partial charge in [-0.3, -0.25) is 0 Å². The molecule has 1 N–H and O–H groups in total. The predicted octanol–water partition coefficient (Wildman–Crippen LogP) is 1.89. The third-order valence-electron chi connectivity index (χ3n) is 4.33. The van der Waals surface area contributed by atoms with Crippen LogP contribution in [0.3, 0.4) is 0 Å². The van der Waals surface area contributed by atoms with Gasteiger partial charge in [0.15, 0.2) is 9.84 Å². The van der Waals surface area contributed by atoms with Crippen LogP contribution in [0.25, 0.3) is 0 Å². The molecular weight excluding hydrogens is 384 g/mol. The highest BCUT2D eigenvalue weighted by atomic mass is 35.5. The van der Waals surface area contributed by atoms with Crippen LogP contribution in [0.1, 0.15) is 30.9 Å². The third kappa shape index (κ3) is 4.74. The van der Waals surface area contributed by atoms with Gasteiger partial charge < -0.3 is 5.32 Å². The predicted molar refractivity (Wildman–Crippen MR) is 102 cm³/mol. The Hall–Kier alpha value is -0.670. The van der Waals surface area contributed by atoms with E-state index < -0.39 is 19.9 Å². The highest BCUT2D eigenvalue weighted by Gasteiger charge is 2.34. The molecule has 0 spiro atoms. The molecular formula is C16H27ClN2O4S2.